The largest absolute Gasteiger partial charge is 0.388 e. The van der Waals surface area contributed by atoms with Crippen LogP contribution in [-0.4, -0.2) is 31.1 Å². The number of rotatable bonds is 6. The van der Waals surface area contributed by atoms with Crippen LogP contribution in [0.3, 0.4) is 0 Å². The molecule has 0 amide bonds. The monoisotopic (exact) mass is 260 g/mol. The topological polar surface area (TPSA) is 15.3 Å². The normalized spacial score (nSPS) is 18.4. The first-order chi connectivity index (χ1) is 9.28. The highest BCUT2D eigenvalue weighted by molar-refractivity contribution is 5.49. The molecule has 0 aliphatic heterocycles. The number of fused-ring (bicyclic) bond motifs is 1. The lowest BCUT2D eigenvalue weighted by Gasteiger charge is -2.35. The number of nitrogens with one attached hydrogen (secondary N) is 1. The standard InChI is InChI=1S/C17H28N2/c1-4-10-19(11-5-2)17-9-7-14-6-8-16(18-3)12-15(14)13-17/h6,8,12,17-18H,4-5,7,9-11,13H2,1-3H3. The summed E-state index contributed by atoms with van der Waals surface area (Å²) in [6.45, 7) is 7.08. The fourth-order valence-electron chi connectivity index (χ4n) is 3.26. The predicted octanol–water partition coefficient (Wildman–Crippen LogP) is 3.71. The average molecular weight is 260 g/mol. The molecule has 106 valence electrons. The van der Waals surface area contributed by atoms with Crippen molar-refractivity contribution in [1.29, 1.82) is 0 Å². The summed E-state index contributed by atoms with van der Waals surface area (Å²) in [4.78, 5) is 2.70. The van der Waals surface area contributed by atoms with Crippen molar-refractivity contribution in [2.45, 2.75) is 52.0 Å². The van der Waals surface area contributed by atoms with Gasteiger partial charge in [0.2, 0.25) is 0 Å². The van der Waals surface area contributed by atoms with Gasteiger partial charge in [-0.05, 0) is 68.5 Å². The Labute approximate surface area is 118 Å². The van der Waals surface area contributed by atoms with Crippen LogP contribution in [0.5, 0.6) is 0 Å². The molecular formula is C17H28N2. The highest BCUT2D eigenvalue weighted by Crippen LogP contribution is 2.27. The second-order valence-electron chi connectivity index (χ2n) is 5.67. The van der Waals surface area contributed by atoms with Crippen LogP contribution in [0.2, 0.25) is 0 Å². The lowest BCUT2D eigenvalue weighted by molar-refractivity contribution is 0.180. The minimum Gasteiger partial charge on any atom is -0.388 e. The van der Waals surface area contributed by atoms with Gasteiger partial charge in [-0.3, -0.25) is 0 Å². The van der Waals surface area contributed by atoms with E-state index < -0.39 is 0 Å². The molecule has 19 heavy (non-hydrogen) atoms. The second kappa shape index (κ2) is 6.95. The third kappa shape index (κ3) is 3.50. The lowest BCUT2D eigenvalue weighted by atomic mass is 9.87. The van der Waals surface area contributed by atoms with Gasteiger partial charge in [0.05, 0.1) is 0 Å². The summed E-state index contributed by atoms with van der Waals surface area (Å²) in [5, 5.41) is 3.26. The van der Waals surface area contributed by atoms with Crippen molar-refractivity contribution in [3.63, 3.8) is 0 Å². The minimum atomic E-state index is 0.750. The van der Waals surface area contributed by atoms with Crippen LogP contribution in [-0.2, 0) is 12.8 Å². The molecule has 1 aliphatic carbocycles. The molecule has 2 nitrogen and oxygen atoms in total. The Hall–Kier alpha value is -1.02. The Morgan fingerprint density at radius 1 is 1.16 bits per heavy atom. The molecule has 0 bridgehead atoms. The van der Waals surface area contributed by atoms with Crippen molar-refractivity contribution >= 4 is 5.69 Å². The molecule has 1 aliphatic rings. The number of hydrogen-bond donors (Lipinski definition) is 1. The van der Waals surface area contributed by atoms with Crippen LogP contribution in [0, 0.1) is 0 Å². The summed E-state index contributed by atoms with van der Waals surface area (Å²) in [7, 11) is 2.00. The van der Waals surface area contributed by atoms with E-state index in [1.165, 1.54) is 50.9 Å². The minimum absolute atomic E-state index is 0.750. The first-order valence-corrected chi connectivity index (χ1v) is 7.82. The van der Waals surface area contributed by atoms with Crippen LogP contribution in [0.25, 0.3) is 0 Å². The summed E-state index contributed by atoms with van der Waals surface area (Å²) >= 11 is 0. The first kappa shape index (κ1) is 14.4. The van der Waals surface area contributed by atoms with Crippen molar-refractivity contribution < 1.29 is 0 Å². The molecule has 0 saturated carbocycles. The number of nitrogens with zero attached hydrogens (tertiary/aromatic N) is 1. The smallest absolute Gasteiger partial charge is 0.0340 e. The van der Waals surface area contributed by atoms with Gasteiger partial charge in [0, 0.05) is 18.8 Å². The Kier molecular flexibility index (Phi) is 5.26. The third-order valence-corrected chi connectivity index (χ3v) is 4.24. The molecule has 0 spiro atoms. The average Bonchev–Trinajstić information content (AvgIpc) is 2.46. The maximum absolute atomic E-state index is 3.26. The molecule has 0 saturated heterocycles. The third-order valence-electron chi connectivity index (χ3n) is 4.24. The highest BCUT2D eigenvalue weighted by Gasteiger charge is 2.23. The molecule has 1 atom stereocenters. The summed E-state index contributed by atoms with van der Waals surface area (Å²) in [5.41, 5.74) is 4.36. The number of anilines is 1. The van der Waals surface area contributed by atoms with Gasteiger partial charge in [-0.2, -0.15) is 0 Å². The van der Waals surface area contributed by atoms with E-state index in [0.717, 1.165) is 6.04 Å². The van der Waals surface area contributed by atoms with E-state index in [1.807, 2.05) is 7.05 Å². The van der Waals surface area contributed by atoms with Crippen LogP contribution in [0.4, 0.5) is 5.69 Å². The zero-order chi connectivity index (χ0) is 13.7. The molecule has 2 rings (SSSR count). The van der Waals surface area contributed by atoms with E-state index in [0.29, 0.717) is 0 Å². The van der Waals surface area contributed by atoms with Crippen molar-refractivity contribution in [2.75, 3.05) is 25.5 Å². The van der Waals surface area contributed by atoms with E-state index in [4.69, 9.17) is 0 Å². The molecule has 2 heteroatoms. The van der Waals surface area contributed by atoms with Gasteiger partial charge in [0.15, 0.2) is 0 Å². The summed E-state index contributed by atoms with van der Waals surface area (Å²) < 4.78 is 0. The van der Waals surface area contributed by atoms with Crippen LogP contribution in [0.1, 0.15) is 44.2 Å². The molecule has 0 heterocycles. The van der Waals surface area contributed by atoms with Gasteiger partial charge in [-0.1, -0.05) is 19.9 Å². The van der Waals surface area contributed by atoms with Crippen molar-refractivity contribution in [3.05, 3.63) is 29.3 Å². The van der Waals surface area contributed by atoms with E-state index in [2.05, 4.69) is 42.3 Å². The summed E-state index contributed by atoms with van der Waals surface area (Å²) in [6.07, 6.45) is 6.32. The van der Waals surface area contributed by atoms with Crippen molar-refractivity contribution in [1.82, 2.24) is 4.90 Å². The van der Waals surface area contributed by atoms with Gasteiger partial charge < -0.3 is 10.2 Å². The number of hydrogen-bond acceptors (Lipinski definition) is 2. The maximum Gasteiger partial charge on any atom is 0.0340 e. The SMILES string of the molecule is CCCN(CCC)C1CCc2ccc(NC)cc2C1. The van der Waals surface area contributed by atoms with Gasteiger partial charge >= 0.3 is 0 Å². The lowest BCUT2D eigenvalue weighted by Crippen LogP contribution is -2.40. The molecule has 0 fully saturated rings. The molecule has 0 aromatic heterocycles. The highest BCUT2D eigenvalue weighted by atomic mass is 15.1. The van der Waals surface area contributed by atoms with Gasteiger partial charge in [-0.25, -0.2) is 0 Å². The molecule has 1 unspecified atom stereocenters. The summed E-state index contributed by atoms with van der Waals surface area (Å²) in [6, 6.07) is 7.60. The maximum atomic E-state index is 3.26. The van der Waals surface area contributed by atoms with Crippen molar-refractivity contribution in [3.8, 4) is 0 Å². The van der Waals surface area contributed by atoms with E-state index in [-0.39, 0.29) is 0 Å². The van der Waals surface area contributed by atoms with Crippen LogP contribution >= 0.6 is 0 Å². The molecule has 1 N–H and O–H groups in total. The second-order valence-corrected chi connectivity index (χ2v) is 5.67. The Morgan fingerprint density at radius 3 is 2.53 bits per heavy atom. The van der Waals surface area contributed by atoms with Crippen LogP contribution in [0.15, 0.2) is 18.2 Å². The number of benzene rings is 1. The molecule has 0 radical (unpaired) electrons. The summed E-state index contributed by atoms with van der Waals surface area (Å²) in [5.74, 6) is 0. The zero-order valence-corrected chi connectivity index (χ0v) is 12.7. The molecule has 1 aromatic carbocycles. The predicted molar refractivity (Wildman–Crippen MR) is 84.0 cm³/mol. The fraction of sp³-hybridized carbons (Fsp3) is 0.647. The van der Waals surface area contributed by atoms with Gasteiger partial charge in [0.25, 0.3) is 0 Å². The Balaban J connectivity index is 2.10. The molecule has 1 aromatic rings. The Morgan fingerprint density at radius 2 is 1.89 bits per heavy atom. The first-order valence-electron chi connectivity index (χ1n) is 7.82. The quantitative estimate of drug-likeness (QED) is 0.839. The molecular weight excluding hydrogens is 232 g/mol. The van der Waals surface area contributed by atoms with E-state index >= 15 is 0 Å². The van der Waals surface area contributed by atoms with E-state index in [9.17, 15) is 0 Å². The fourth-order valence-corrected chi connectivity index (χ4v) is 3.26. The Bertz CT molecular complexity index is 394. The van der Waals surface area contributed by atoms with Gasteiger partial charge in [-0.15, -0.1) is 0 Å². The van der Waals surface area contributed by atoms with Crippen LogP contribution < -0.4 is 5.32 Å². The van der Waals surface area contributed by atoms with Gasteiger partial charge in [0.1, 0.15) is 0 Å². The zero-order valence-electron chi connectivity index (χ0n) is 12.7. The van der Waals surface area contributed by atoms with Crippen molar-refractivity contribution in [2.24, 2.45) is 0 Å². The van der Waals surface area contributed by atoms with E-state index in [1.54, 1.807) is 11.1 Å². The number of aryl methyl sites for hydroxylation is 1.